The van der Waals surface area contributed by atoms with E-state index in [0.717, 1.165) is 0 Å². The van der Waals surface area contributed by atoms with Gasteiger partial charge in [0.25, 0.3) is 0 Å². The van der Waals surface area contributed by atoms with Crippen molar-refractivity contribution in [1.29, 1.82) is 0 Å². The summed E-state index contributed by atoms with van der Waals surface area (Å²) in [6.07, 6.45) is -0.686. The number of nitrogens with one attached hydrogen (secondary N) is 3. The number of amides is 3. The molecule has 0 fully saturated rings. The summed E-state index contributed by atoms with van der Waals surface area (Å²) >= 11 is 0. The van der Waals surface area contributed by atoms with Gasteiger partial charge in [-0.25, -0.2) is 4.79 Å². The van der Waals surface area contributed by atoms with E-state index in [2.05, 4.69) is 16.0 Å². The van der Waals surface area contributed by atoms with Gasteiger partial charge in [-0.3, -0.25) is 9.59 Å². The van der Waals surface area contributed by atoms with Crippen LogP contribution in [0, 0.1) is 0 Å². The molecule has 0 unspecified atom stereocenters. The fourth-order valence-corrected chi connectivity index (χ4v) is 1.60. The van der Waals surface area contributed by atoms with Crippen LogP contribution in [0.1, 0.15) is 27.7 Å². The highest BCUT2D eigenvalue weighted by atomic mass is 16.6. The third kappa shape index (κ3) is 7.85. The molecule has 0 aliphatic rings. The van der Waals surface area contributed by atoms with Gasteiger partial charge in [-0.05, 0) is 39.8 Å². The predicted octanol–water partition coefficient (Wildman–Crippen LogP) is 1.65. The third-order valence-electron chi connectivity index (χ3n) is 2.60. The number of carbonyl (C=O) groups excluding carboxylic acids is 3. The summed E-state index contributed by atoms with van der Waals surface area (Å²) in [5.74, 6) is -0.826. The average molecular weight is 321 g/mol. The van der Waals surface area contributed by atoms with Crippen LogP contribution in [0.15, 0.2) is 30.3 Å². The molecular formula is C16H23N3O4. The molecule has 0 heterocycles. The maximum Gasteiger partial charge on any atom is 0.408 e. The second-order valence-electron chi connectivity index (χ2n) is 6.00. The van der Waals surface area contributed by atoms with Crippen molar-refractivity contribution in [3.8, 4) is 0 Å². The van der Waals surface area contributed by atoms with Crippen LogP contribution in [-0.2, 0) is 14.3 Å². The van der Waals surface area contributed by atoms with Crippen molar-refractivity contribution in [2.24, 2.45) is 0 Å². The van der Waals surface area contributed by atoms with Crippen LogP contribution in [0.25, 0.3) is 0 Å². The molecule has 7 heteroatoms. The molecule has 7 nitrogen and oxygen atoms in total. The SMILES string of the molecule is C[C@H](NC(=O)CNC(=O)OC(C)(C)C)C(=O)Nc1ccccc1. The summed E-state index contributed by atoms with van der Waals surface area (Å²) in [5, 5.41) is 7.50. The number of hydrogen-bond acceptors (Lipinski definition) is 4. The van der Waals surface area contributed by atoms with Crippen molar-refractivity contribution in [1.82, 2.24) is 10.6 Å². The van der Waals surface area contributed by atoms with Gasteiger partial charge in [-0.2, -0.15) is 0 Å². The second kappa shape index (κ2) is 8.17. The van der Waals surface area contributed by atoms with Crippen LogP contribution in [0.4, 0.5) is 10.5 Å². The van der Waals surface area contributed by atoms with Crippen LogP contribution in [0.3, 0.4) is 0 Å². The van der Waals surface area contributed by atoms with Crippen LogP contribution < -0.4 is 16.0 Å². The number of hydrogen-bond donors (Lipinski definition) is 3. The van der Waals surface area contributed by atoms with Crippen molar-refractivity contribution in [3.63, 3.8) is 0 Å². The van der Waals surface area contributed by atoms with E-state index in [-0.39, 0.29) is 12.5 Å². The van der Waals surface area contributed by atoms with Crippen molar-refractivity contribution >= 4 is 23.6 Å². The van der Waals surface area contributed by atoms with E-state index in [1.54, 1.807) is 52.0 Å². The Labute approximate surface area is 135 Å². The lowest BCUT2D eigenvalue weighted by molar-refractivity contribution is -0.125. The zero-order chi connectivity index (χ0) is 17.5. The van der Waals surface area contributed by atoms with Gasteiger partial charge in [0.05, 0.1) is 0 Å². The number of ether oxygens (including phenoxy) is 1. The topological polar surface area (TPSA) is 96.5 Å². The summed E-state index contributed by atoms with van der Waals surface area (Å²) in [5.41, 5.74) is 0.00847. The Hall–Kier alpha value is -2.57. The molecular weight excluding hydrogens is 298 g/mol. The molecule has 3 amide bonds. The first-order valence-corrected chi connectivity index (χ1v) is 7.29. The number of para-hydroxylation sites is 1. The lowest BCUT2D eigenvalue weighted by Crippen LogP contribution is -2.46. The summed E-state index contributed by atoms with van der Waals surface area (Å²) in [6.45, 7) is 6.47. The lowest BCUT2D eigenvalue weighted by Gasteiger charge is -2.20. The van der Waals surface area contributed by atoms with Crippen LogP contribution in [0.2, 0.25) is 0 Å². The molecule has 3 N–H and O–H groups in total. The van der Waals surface area contributed by atoms with Gasteiger partial charge < -0.3 is 20.7 Å². The van der Waals surface area contributed by atoms with Gasteiger partial charge in [-0.1, -0.05) is 18.2 Å². The van der Waals surface area contributed by atoms with Crippen molar-refractivity contribution in [2.45, 2.75) is 39.3 Å². The lowest BCUT2D eigenvalue weighted by atomic mass is 10.2. The standard InChI is InChI=1S/C16H23N3O4/c1-11(14(21)19-12-8-6-5-7-9-12)18-13(20)10-17-15(22)23-16(2,3)4/h5-9,11H,10H2,1-4H3,(H,17,22)(H,18,20)(H,19,21)/t11-/m0/s1. The monoisotopic (exact) mass is 321 g/mol. The molecule has 1 aromatic carbocycles. The smallest absolute Gasteiger partial charge is 0.408 e. The fourth-order valence-electron chi connectivity index (χ4n) is 1.60. The van der Waals surface area contributed by atoms with Crippen molar-refractivity contribution in [2.75, 3.05) is 11.9 Å². The summed E-state index contributed by atoms with van der Waals surface area (Å²) in [4.78, 5) is 35.1. The zero-order valence-electron chi connectivity index (χ0n) is 13.8. The quantitative estimate of drug-likeness (QED) is 0.768. The molecule has 0 spiro atoms. The van der Waals surface area contributed by atoms with E-state index in [1.165, 1.54) is 0 Å². The van der Waals surface area contributed by atoms with E-state index >= 15 is 0 Å². The fraction of sp³-hybridized carbons (Fsp3) is 0.438. The summed E-state index contributed by atoms with van der Waals surface area (Å²) in [6, 6.07) is 8.19. The van der Waals surface area contributed by atoms with Gasteiger partial charge >= 0.3 is 6.09 Å². The average Bonchev–Trinajstić information content (AvgIpc) is 2.44. The van der Waals surface area contributed by atoms with Crippen LogP contribution >= 0.6 is 0 Å². The third-order valence-corrected chi connectivity index (χ3v) is 2.60. The van der Waals surface area contributed by atoms with Gasteiger partial charge in [-0.15, -0.1) is 0 Å². The van der Waals surface area contributed by atoms with Crippen LogP contribution in [-0.4, -0.2) is 36.1 Å². The number of rotatable bonds is 5. The minimum absolute atomic E-state index is 0.266. The van der Waals surface area contributed by atoms with E-state index in [0.29, 0.717) is 5.69 Å². The highest BCUT2D eigenvalue weighted by Crippen LogP contribution is 2.06. The Bertz CT molecular complexity index is 552. The summed E-state index contributed by atoms with van der Waals surface area (Å²) < 4.78 is 5.01. The molecule has 0 aliphatic heterocycles. The van der Waals surface area contributed by atoms with Gasteiger partial charge in [0.2, 0.25) is 11.8 Å². The normalized spacial score (nSPS) is 12.0. The molecule has 126 valence electrons. The maximum absolute atomic E-state index is 11.9. The molecule has 0 aromatic heterocycles. The number of anilines is 1. The molecule has 0 bridgehead atoms. The van der Waals surface area contributed by atoms with Crippen molar-refractivity contribution in [3.05, 3.63) is 30.3 Å². The Morgan fingerprint density at radius 3 is 2.30 bits per heavy atom. The van der Waals surface area contributed by atoms with Gasteiger partial charge in [0.15, 0.2) is 0 Å². The van der Waals surface area contributed by atoms with E-state index in [9.17, 15) is 14.4 Å². The Kier molecular flexibility index (Phi) is 6.56. The molecule has 1 atom stereocenters. The van der Waals surface area contributed by atoms with Crippen molar-refractivity contribution < 1.29 is 19.1 Å². The number of carbonyl (C=O) groups is 3. The Balaban J connectivity index is 2.35. The molecule has 23 heavy (non-hydrogen) atoms. The molecule has 0 radical (unpaired) electrons. The zero-order valence-corrected chi connectivity index (χ0v) is 13.8. The van der Waals surface area contributed by atoms with E-state index in [4.69, 9.17) is 4.74 Å². The van der Waals surface area contributed by atoms with Gasteiger partial charge in [0, 0.05) is 5.69 Å². The Morgan fingerprint density at radius 2 is 1.74 bits per heavy atom. The number of alkyl carbamates (subject to hydrolysis) is 1. The number of benzene rings is 1. The first kappa shape index (κ1) is 18.5. The molecule has 0 saturated heterocycles. The molecule has 1 aromatic rings. The highest BCUT2D eigenvalue weighted by Gasteiger charge is 2.18. The van der Waals surface area contributed by atoms with E-state index < -0.39 is 23.6 Å². The summed E-state index contributed by atoms with van der Waals surface area (Å²) in [7, 11) is 0. The van der Waals surface area contributed by atoms with E-state index in [1.807, 2.05) is 6.07 Å². The van der Waals surface area contributed by atoms with Gasteiger partial charge in [0.1, 0.15) is 18.2 Å². The predicted molar refractivity (Wildman–Crippen MR) is 86.9 cm³/mol. The minimum Gasteiger partial charge on any atom is -0.444 e. The largest absolute Gasteiger partial charge is 0.444 e. The molecule has 0 aliphatic carbocycles. The Morgan fingerprint density at radius 1 is 1.13 bits per heavy atom. The minimum atomic E-state index is -0.733. The highest BCUT2D eigenvalue weighted by molar-refractivity contribution is 5.97. The molecule has 0 saturated carbocycles. The molecule has 1 rings (SSSR count). The second-order valence-corrected chi connectivity index (χ2v) is 6.00. The first-order chi connectivity index (χ1) is 10.7. The first-order valence-electron chi connectivity index (χ1n) is 7.29. The maximum atomic E-state index is 11.9. The van der Waals surface area contributed by atoms with Crippen LogP contribution in [0.5, 0.6) is 0 Å².